The van der Waals surface area contributed by atoms with Crippen LogP contribution in [0.2, 0.25) is 0 Å². The van der Waals surface area contributed by atoms with Gasteiger partial charge in [0, 0.05) is 6.21 Å². The van der Waals surface area contributed by atoms with Gasteiger partial charge in [0.1, 0.15) is 10.7 Å². The van der Waals surface area contributed by atoms with Crippen molar-refractivity contribution in [2.75, 3.05) is 0 Å². The zero-order valence-electron chi connectivity index (χ0n) is 7.99. The number of hydrogen-bond acceptors (Lipinski definition) is 5. The highest BCUT2D eigenvalue weighted by molar-refractivity contribution is 5.79. The third-order valence-electron chi connectivity index (χ3n) is 1.39. The first kappa shape index (κ1) is 11.4. The number of nitro groups is 1. The van der Waals surface area contributed by atoms with Gasteiger partial charge in [-0.3, -0.25) is 10.1 Å². The van der Waals surface area contributed by atoms with E-state index in [9.17, 15) is 14.9 Å². The van der Waals surface area contributed by atoms with Crippen molar-refractivity contribution in [1.82, 2.24) is 5.43 Å². The van der Waals surface area contributed by atoms with Crippen LogP contribution in [0.25, 0.3) is 6.08 Å². The molecule has 0 aliphatic carbocycles. The molecular formula is C8H8N4O4. The fourth-order valence-electron chi connectivity index (χ4n) is 0.812. The monoisotopic (exact) mass is 224 g/mol. The Labute approximate surface area is 89.6 Å². The molecule has 3 N–H and O–H groups in total. The van der Waals surface area contributed by atoms with E-state index < -0.39 is 11.0 Å². The first-order chi connectivity index (χ1) is 7.59. The van der Waals surface area contributed by atoms with Gasteiger partial charge in [0.2, 0.25) is 0 Å². The van der Waals surface area contributed by atoms with E-state index in [4.69, 9.17) is 10.2 Å². The summed E-state index contributed by atoms with van der Waals surface area (Å²) < 4.78 is 4.81. The number of nitrogens with two attached hydrogens (primary N) is 1. The molecule has 1 aromatic rings. The minimum atomic E-state index is -0.779. The van der Waals surface area contributed by atoms with Gasteiger partial charge in [-0.25, -0.2) is 10.2 Å². The largest absolute Gasteiger partial charge is 0.433 e. The summed E-state index contributed by atoms with van der Waals surface area (Å²) in [5.41, 5.74) is 6.71. The van der Waals surface area contributed by atoms with Gasteiger partial charge in [-0.1, -0.05) is 0 Å². The van der Waals surface area contributed by atoms with E-state index in [0.29, 0.717) is 5.76 Å². The smallest absolute Gasteiger partial charge is 0.401 e. The fourth-order valence-corrected chi connectivity index (χ4v) is 0.812. The molecule has 0 radical (unpaired) electrons. The maximum Gasteiger partial charge on any atom is 0.433 e. The van der Waals surface area contributed by atoms with Crippen molar-refractivity contribution in [1.29, 1.82) is 0 Å². The summed E-state index contributed by atoms with van der Waals surface area (Å²) in [6.07, 6.45) is 4.12. The number of nitrogens with zero attached hydrogens (tertiary/aromatic N) is 2. The Morgan fingerprint density at radius 1 is 1.62 bits per heavy atom. The molecule has 0 aromatic carbocycles. The molecule has 0 unspecified atom stereocenters. The minimum Gasteiger partial charge on any atom is -0.401 e. The van der Waals surface area contributed by atoms with E-state index in [1.165, 1.54) is 30.5 Å². The van der Waals surface area contributed by atoms with Crippen molar-refractivity contribution in [3.8, 4) is 0 Å². The summed E-state index contributed by atoms with van der Waals surface area (Å²) in [7, 11) is 0. The summed E-state index contributed by atoms with van der Waals surface area (Å²) in [6, 6.07) is 1.89. The first-order valence-corrected chi connectivity index (χ1v) is 4.09. The van der Waals surface area contributed by atoms with E-state index in [2.05, 4.69) is 5.10 Å². The molecule has 0 atom stereocenters. The van der Waals surface area contributed by atoms with Crippen LogP contribution in [-0.4, -0.2) is 17.2 Å². The van der Waals surface area contributed by atoms with Crippen molar-refractivity contribution in [2.45, 2.75) is 0 Å². The summed E-state index contributed by atoms with van der Waals surface area (Å²) in [5.74, 6) is -0.0379. The molecule has 8 heteroatoms. The van der Waals surface area contributed by atoms with E-state index in [0.717, 1.165) is 0 Å². The summed E-state index contributed by atoms with van der Waals surface area (Å²) in [5, 5.41) is 13.7. The number of primary amides is 1. The van der Waals surface area contributed by atoms with Crippen LogP contribution >= 0.6 is 0 Å². The van der Waals surface area contributed by atoms with Crippen LogP contribution in [0.1, 0.15) is 5.76 Å². The van der Waals surface area contributed by atoms with Crippen molar-refractivity contribution < 1.29 is 14.1 Å². The third kappa shape index (κ3) is 3.62. The second-order valence-corrected chi connectivity index (χ2v) is 2.55. The molecule has 2 amide bonds. The predicted octanol–water partition coefficient (Wildman–Crippen LogP) is 0.855. The summed E-state index contributed by atoms with van der Waals surface area (Å²) >= 11 is 0. The minimum absolute atomic E-state index is 0.303. The Bertz CT molecular complexity index is 449. The van der Waals surface area contributed by atoms with Gasteiger partial charge >= 0.3 is 11.9 Å². The van der Waals surface area contributed by atoms with E-state index >= 15 is 0 Å². The van der Waals surface area contributed by atoms with Crippen molar-refractivity contribution in [3.05, 3.63) is 34.1 Å². The van der Waals surface area contributed by atoms with Crippen LogP contribution in [0.3, 0.4) is 0 Å². The lowest BCUT2D eigenvalue weighted by Gasteiger charge is -1.86. The molecule has 0 bridgehead atoms. The molecule has 1 rings (SSSR count). The maximum absolute atomic E-state index is 10.3. The highest BCUT2D eigenvalue weighted by Crippen LogP contribution is 2.16. The molecule has 1 heterocycles. The number of allylic oxidation sites excluding steroid dienone is 1. The molecule has 1 aromatic heterocycles. The standard InChI is InChI=1S/C8H8N4O4/c9-8(13)11-10-5-1-2-6-3-4-7(16-6)12(14)15/h1-5H,(H3,9,11,13)/b2-1-,10-5-. The van der Waals surface area contributed by atoms with Crippen LogP contribution in [-0.2, 0) is 0 Å². The van der Waals surface area contributed by atoms with Gasteiger partial charge in [-0.2, -0.15) is 5.10 Å². The number of hydrogen-bond donors (Lipinski definition) is 2. The molecule has 0 aliphatic heterocycles. The van der Waals surface area contributed by atoms with Crippen LogP contribution in [0.4, 0.5) is 10.7 Å². The van der Waals surface area contributed by atoms with Crippen LogP contribution < -0.4 is 11.2 Å². The van der Waals surface area contributed by atoms with Crippen molar-refractivity contribution >= 4 is 24.2 Å². The van der Waals surface area contributed by atoms with Crippen LogP contribution in [0.15, 0.2) is 27.7 Å². The van der Waals surface area contributed by atoms with Gasteiger partial charge in [0.05, 0.1) is 6.07 Å². The van der Waals surface area contributed by atoms with Gasteiger partial charge < -0.3 is 10.2 Å². The molecule has 0 aliphatic rings. The van der Waals surface area contributed by atoms with E-state index in [1.807, 2.05) is 5.43 Å². The molecule has 8 nitrogen and oxygen atoms in total. The Balaban J connectivity index is 2.53. The third-order valence-corrected chi connectivity index (χ3v) is 1.39. The highest BCUT2D eigenvalue weighted by atomic mass is 16.6. The number of urea groups is 1. The number of rotatable bonds is 4. The number of carbonyl (C=O) groups is 1. The zero-order chi connectivity index (χ0) is 12.0. The van der Waals surface area contributed by atoms with E-state index in [-0.39, 0.29) is 5.88 Å². The molecule has 16 heavy (non-hydrogen) atoms. The molecule has 0 fully saturated rings. The van der Waals surface area contributed by atoms with Gasteiger partial charge in [0.15, 0.2) is 0 Å². The first-order valence-electron chi connectivity index (χ1n) is 4.09. The SMILES string of the molecule is NC(=O)N/N=C\C=C/c1ccc([N+](=O)[O-])o1. The lowest BCUT2D eigenvalue weighted by atomic mass is 10.4. The average molecular weight is 224 g/mol. The fraction of sp³-hybridized carbons (Fsp3) is 0. The molecule has 0 spiro atoms. The topological polar surface area (TPSA) is 124 Å². The zero-order valence-corrected chi connectivity index (χ0v) is 7.99. The van der Waals surface area contributed by atoms with Gasteiger partial charge in [0.25, 0.3) is 0 Å². The number of nitrogens with one attached hydrogen (secondary N) is 1. The average Bonchev–Trinajstić information content (AvgIpc) is 2.65. The molecule has 0 saturated heterocycles. The second-order valence-electron chi connectivity index (χ2n) is 2.55. The van der Waals surface area contributed by atoms with Gasteiger partial charge in [-0.05, 0) is 18.2 Å². The lowest BCUT2D eigenvalue weighted by Crippen LogP contribution is -2.24. The Hall–Kier alpha value is -2.64. The molecular weight excluding hydrogens is 216 g/mol. The summed E-state index contributed by atoms with van der Waals surface area (Å²) in [6.45, 7) is 0. The second kappa shape index (κ2) is 5.29. The maximum atomic E-state index is 10.3. The Kier molecular flexibility index (Phi) is 3.78. The van der Waals surface area contributed by atoms with Gasteiger partial charge in [-0.15, -0.1) is 0 Å². The number of furan rings is 1. The normalized spacial score (nSPS) is 11.0. The Morgan fingerprint density at radius 3 is 2.94 bits per heavy atom. The van der Waals surface area contributed by atoms with Crippen LogP contribution in [0, 0.1) is 10.1 Å². The quantitative estimate of drug-likeness (QED) is 0.447. The van der Waals surface area contributed by atoms with Crippen molar-refractivity contribution in [3.63, 3.8) is 0 Å². The number of amides is 2. The van der Waals surface area contributed by atoms with Crippen molar-refractivity contribution in [2.24, 2.45) is 10.8 Å². The molecule has 84 valence electrons. The molecule has 0 saturated carbocycles. The lowest BCUT2D eigenvalue weighted by molar-refractivity contribution is -0.402. The van der Waals surface area contributed by atoms with Crippen LogP contribution in [0.5, 0.6) is 0 Å². The predicted molar refractivity (Wildman–Crippen MR) is 55.6 cm³/mol. The summed E-state index contributed by atoms with van der Waals surface area (Å²) in [4.78, 5) is 19.8. The Morgan fingerprint density at radius 2 is 2.38 bits per heavy atom. The van der Waals surface area contributed by atoms with E-state index in [1.54, 1.807) is 0 Å². The number of carbonyl (C=O) groups excluding carboxylic acids is 1. The highest BCUT2D eigenvalue weighted by Gasteiger charge is 2.09. The number of hydrazone groups is 1.